The largest absolute Gasteiger partial charge is 0.309 e. The first-order chi connectivity index (χ1) is 9.43. The summed E-state index contributed by atoms with van der Waals surface area (Å²) in [5.74, 6) is 0. The summed E-state index contributed by atoms with van der Waals surface area (Å²) in [6, 6.07) is 9.44. The lowest BCUT2D eigenvalue weighted by Crippen LogP contribution is -2.19. The van der Waals surface area contributed by atoms with Crippen LogP contribution in [0.5, 0.6) is 0 Å². The van der Waals surface area contributed by atoms with Crippen LogP contribution >= 0.6 is 34.8 Å². The maximum Gasteiger partial charge on any atom is 0.0604 e. The van der Waals surface area contributed by atoms with Crippen molar-refractivity contribution in [3.05, 3.63) is 67.7 Å². The Hall–Kier alpha value is -0.730. The Balaban J connectivity index is 2.58. The standard InChI is InChI=1S/C16H16Cl3N/c1-9-6-12(15(19)7-10(9)2)16(20-3)13-8-11(17)4-5-14(13)18/h4-8,16,20H,1-3H3. The predicted octanol–water partition coefficient (Wildman–Crippen LogP) is 5.57. The fourth-order valence-electron chi connectivity index (χ4n) is 2.24. The van der Waals surface area contributed by atoms with Gasteiger partial charge in [0.1, 0.15) is 0 Å². The number of rotatable bonds is 3. The lowest BCUT2D eigenvalue weighted by Gasteiger charge is -2.21. The molecule has 2 aromatic carbocycles. The van der Waals surface area contributed by atoms with Crippen molar-refractivity contribution in [1.82, 2.24) is 5.32 Å². The van der Waals surface area contributed by atoms with Crippen molar-refractivity contribution in [2.45, 2.75) is 19.9 Å². The lowest BCUT2D eigenvalue weighted by atomic mass is 9.95. The third kappa shape index (κ3) is 3.12. The van der Waals surface area contributed by atoms with Crippen molar-refractivity contribution < 1.29 is 0 Å². The minimum absolute atomic E-state index is 0.0898. The van der Waals surface area contributed by atoms with E-state index in [1.54, 1.807) is 12.1 Å². The molecule has 4 heteroatoms. The molecule has 0 fully saturated rings. The van der Waals surface area contributed by atoms with Gasteiger partial charge in [0.15, 0.2) is 0 Å². The smallest absolute Gasteiger partial charge is 0.0604 e. The van der Waals surface area contributed by atoms with E-state index >= 15 is 0 Å². The molecule has 0 amide bonds. The van der Waals surface area contributed by atoms with E-state index in [0.717, 1.165) is 16.1 Å². The van der Waals surface area contributed by atoms with E-state index in [2.05, 4.69) is 18.3 Å². The minimum Gasteiger partial charge on any atom is -0.309 e. The maximum absolute atomic E-state index is 6.40. The minimum atomic E-state index is -0.0898. The van der Waals surface area contributed by atoms with Crippen LogP contribution in [0.4, 0.5) is 0 Å². The molecule has 0 aliphatic heterocycles. The van der Waals surface area contributed by atoms with Gasteiger partial charge in [-0.2, -0.15) is 0 Å². The number of nitrogens with one attached hydrogen (secondary N) is 1. The van der Waals surface area contributed by atoms with Crippen molar-refractivity contribution >= 4 is 34.8 Å². The van der Waals surface area contributed by atoms with Gasteiger partial charge in [-0.3, -0.25) is 0 Å². The summed E-state index contributed by atoms with van der Waals surface area (Å²) in [5.41, 5.74) is 4.29. The van der Waals surface area contributed by atoms with Gasteiger partial charge in [-0.15, -0.1) is 0 Å². The van der Waals surface area contributed by atoms with Gasteiger partial charge in [-0.25, -0.2) is 0 Å². The number of hydrogen-bond acceptors (Lipinski definition) is 1. The van der Waals surface area contributed by atoms with Crippen LogP contribution in [-0.4, -0.2) is 7.05 Å². The summed E-state index contributed by atoms with van der Waals surface area (Å²) in [5, 5.41) is 5.31. The van der Waals surface area contributed by atoms with E-state index < -0.39 is 0 Å². The van der Waals surface area contributed by atoms with Crippen molar-refractivity contribution in [2.75, 3.05) is 7.05 Å². The number of halogens is 3. The molecule has 1 N–H and O–H groups in total. The van der Waals surface area contributed by atoms with Crippen LogP contribution in [0.1, 0.15) is 28.3 Å². The first-order valence-electron chi connectivity index (χ1n) is 6.33. The SMILES string of the molecule is CNC(c1cc(Cl)ccc1Cl)c1cc(C)c(C)cc1Cl. The van der Waals surface area contributed by atoms with E-state index in [4.69, 9.17) is 34.8 Å². The van der Waals surface area contributed by atoms with Gasteiger partial charge < -0.3 is 5.32 Å². The maximum atomic E-state index is 6.40. The van der Waals surface area contributed by atoms with Crippen LogP contribution in [0.15, 0.2) is 30.3 Å². The van der Waals surface area contributed by atoms with E-state index in [-0.39, 0.29) is 6.04 Å². The summed E-state index contributed by atoms with van der Waals surface area (Å²) >= 11 is 18.8. The molecule has 1 unspecified atom stereocenters. The van der Waals surface area contributed by atoms with Crippen LogP contribution < -0.4 is 5.32 Å². The Morgan fingerprint density at radius 1 is 0.850 bits per heavy atom. The van der Waals surface area contributed by atoms with Gasteiger partial charge in [0.25, 0.3) is 0 Å². The van der Waals surface area contributed by atoms with Gasteiger partial charge in [-0.1, -0.05) is 40.9 Å². The molecule has 106 valence electrons. The molecule has 0 aliphatic carbocycles. The molecular formula is C16H16Cl3N. The van der Waals surface area contributed by atoms with Crippen molar-refractivity contribution in [3.8, 4) is 0 Å². The summed E-state index contributed by atoms with van der Waals surface area (Å²) in [7, 11) is 1.88. The van der Waals surface area contributed by atoms with E-state index in [0.29, 0.717) is 10.0 Å². The molecule has 1 atom stereocenters. The van der Waals surface area contributed by atoms with Crippen molar-refractivity contribution in [1.29, 1.82) is 0 Å². The lowest BCUT2D eigenvalue weighted by molar-refractivity contribution is 0.691. The Bertz CT molecular complexity index is 638. The molecule has 0 aliphatic rings. The summed E-state index contributed by atoms with van der Waals surface area (Å²) < 4.78 is 0. The molecule has 0 heterocycles. The Labute approximate surface area is 134 Å². The topological polar surface area (TPSA) is 12.0 Å². The monoisotopic (exact) mass is 327 g/mol. The van der Waals surface area contributed by atoms with Gasteiger partial charge in [0.2, 0.25) is 0 Å². The van der Waals surface area contributed by atoms with Crippen LogP contribution in [-0.2, 0) is 0 Å². The molecule has 0 spiro atoms. The zero-order chi connectivity index (χ0) is 14.9. The van der Waals surface area contributed by atoms with Gasteiger partial charge in [0.05, 0.1) is 6.04 Å². The van der Waals surface area contributed by atoms with Gasteiger partial charge >= 0.3 is 0 Å². The number of aryl methyl sites for hydroxylation is 2. The van der Waals surface area contributed by atoms with Crippen LogP contribution in [0.25, 0.3) is 0 Å². The highest BCUT2D eigenvalue weighted by Gasteiger charge is 2.19. The van der Waals surface area contributed by atoms with Crippen LogP contribution in [0, 0.1) is 13.8 Å². The second-order valence-corrected chi connectivity index (χ2v) is 6.10. The highest BCUT2D eigenvalue weighted by Crippen LogP contribution is 2.34. The highest BCUT2D eigenvalue weighted by molar-refractivity contribution is 6.34. The summed E-state index contributed by atoms with van der Waals surface area (Å²) in [6.07, 6.45) is 0. The van der Waals surface area contributed by atoms with E-state index in [9.17, 15) is 0 Å². The number of hydrogen-bond donors (Lipinski definition) is 1. The van der Waals surface area contributed by atoms with E-state index in [1.165, 1.54) is 11.1 Å². The van der Waals surface area contributed by atoms with Gasteiger partial charge in [-0.05, 0) is 67.4 Å². The quantitative estimate of drug-likeness (QED) is 0.776. The van der Waals surface area contributed by atoms with Gasteiger partial charge in [0, 0.05) is 15.1 Å². The molecule has 0 saturated heterocycles. The average Bonchev–Trinajstić information content (AvgIpc) is 2.40. The number of benzene rings is 2. The highest BCUT2D eigenvalue weighted by atomic mass is 35.5. The van der Waals surface area contributed by atoms with Crippen molar-refractivity contribution in [2.24, 2.45) is 0 Å². The fourth-order valence-corrected chi connectivity index (χ4v) is 2.97. The molecule has 2 aromatic rings. The molecular weight excluding hydrogens is 313 g/mol. The third-order valence-electron chi connectivity index (χ3n) is 3.48. The summed E-state index contributed by atoms with van der Waals surface area (Å²) in [6.45, 7) is 4.12. The predicted molar refractivity (Wildman–Crippen MR) is 88.3 cm³/mol. The first kappa shape index (κ1) is 15.7. The zero-order valence-corrected chi connectivity index (χ0v) is 13.9. The zero-order valence-electron chi connectivity index (χ0n) is 11.6. The molecule has 0 saturated carbocycles. The van der Waals surface area contributed by atoms with Crippen molar-refractivity contribution in [3.63, 3.8) is 0 Å². The Kier molecular flexibility index (Phi) is 4.98. The molecule has 1 nitrogen and oxygen atoms in total. The Morgan fingerprint density at radius 2 is 1.45 bits per heavy atom. The molecule has 0 bridgehead atoms. The molecule has 0 aromatic heterocycles. The second kappa shape index (κ2) is 6.36. The molecule has 20 heavy (non-hydrogen) atoms. The molecule has 2 rings (SSSR count). The normalized spacial score (nSPS) is 12.5. The van der Waals surface area contributed by atoms with Crippen LogP contribution in [0.3, 0.4) is 0 Å². The third-order valence-corrected chi connectivity index (χ3v) is 4.39. The van der Waals surface area contributed by atoms with Crippen LogP contribution in [0.2, 0.25) is 15.1 Å². The second-order valence-electron chi connectivity index (χ2n) is 4.85. The first-order valence-corrected chi connectivity index (χ1v) is 7.46. The fraction of sp³-hybridized carbons (Fsp3) is 0.250. The average molecular weight is 329 g/mol. The van der Waals surface area contributed by atoms with E-state index in [1.807, 2.05) is 26.1 Å². The Morgan fingerprint density at radius 3 is 2.10 bits per heavy atom. The summed E-state index contributed by atoms with van der Waals surface area (Å²) in [4.78, 5) is 0. The molecule has 0 radical (unpaired) electrons.